The number of carbonyl (C=O) groups is 2. The fourth-order valence-corrected chi connectivity index (χ4v) is 4.47. The highest BCUT2D eigenvalue weighted by molar-refractivity contribution is 7.93. The summed E-state index contributed by atoms with van der Waals surface area (Å²) in [5, 5.41) is 12.0. The van der Waals surface area contributed by atoms with Gasteiger partial charge in [-0.3, -0.25) is 9.59 Å². The van der Waals surface area contributed by atoms with E-state index in [4.69, 9.17) is 0 Å². The van der Waals surface area contributed by atoms with E-state index in [1.165, 1.54) is 18.4 Å². The zero-order valence-electron chi connectivity index (χ0n) is 13.6. The van der Waals surface area contributed by atoms with E-state index in [1.54, 1.807) is 12.1 Å². The summed E-state index contributed by atoms with van der Waals surface area (Å²) in [4.78, 5) is 23.5. The molecule has 130 valence electrons. The molecule has 0 radical (unpaired) electrons. The maximum Gasteiger partial charge on any atom is 0.285 e. The van der Waals surface area contributed by atoms with Crippen LogP contribution in [0.1, 0.15) is 36.0 Å². The van der Waals surface area contributed by atoms with Crippen LogP contribution in [0.25, 0.3) is 0 Å². The van der Waals surface area contributed by atoms with Crippen molar-refractivity contribution in [3.05, 3.63) is 42.5 Å². The molecule has 1 fully saturated rings. The highest BCUT2D eigenvalue weighted by Crippen LogP contribution is 2.25. The van der Waals surface area contributed by atoms with Gasteiger partial charge in [-0.05, 0) is 56.0 Å². The lowest BCUT2D eigenvalue weighted by Crippen LogP contribution is -2.30. The summed E-state index contributed by atoms with van der Waals surface area (Å²) in [5.74, 6) is -0.893. The molecule has 1 unspecified atom stereocenters. The molecule has 1 aliphatic rings. The molecule has 0 heterocycles. The van der Waals surface area contributed by atoms with E-state index < -0.39 is 21.7 Å². The topological polar surface area (TPSA) is 95.8 Å². The Morgan fingerprint density at radius 2 is 2.00 bits per heavy atom. The molecule has 1 saturated carbocycles. The number of benzene rings is 1. The lowest BCUT2D eigenvalue weighted by molar-refractivity contribution is -0.111. The van der Waals surface area contributed by atoms with E-state index in [1.807, 2.05) is 0 Å². The Morgan fingerprint density at radius 1 is 1.33 bits per heavy atom. The van der Waals surface area contributed by atoms with E-state index in [9.17, 15) is 18.9 Å². The number of hydrogen-bond acceptors (Lipinski definition) is 4. The summed E-state index contributed by atoms with van der Waals surface area (Å²) >= 11 is 0. The molecule has 0 bridgehead atoms. The van der Waals surface area contributed by atoms with Crippen LogP contribution in [0.15, 0.2) is 41.3 Å². The van der Waals surface area contributed by atoms with Crippen molar-refractivity contribution in [3.8, 4) is 0 Å². The minimum atomic E-state index is -2.71. The summed E-state index contributed by atoms with van der Waals surface area (Å²) in [6.07, 6.45) is 4.78. The average molecular weight is 350 g/mol. The minimum absolute atomic E-state index is 0.267. The Balaban J connectivity index is 2.14. The van der Waals surface area contributed by atoms with E-state index in [0.29, 0.717) is 30.5 Å². The molecule has 2 amide bonds. The van der Waals surface area contributed by atoms with Crippen LogP contribution in [-0.4, -0.2) is 38.7 Å². The number of anilines is 1. The van der Waals surface area contributed by atoms with Crippen LogP contribution < -0.4 is 5.32 Å². The second kappa shape index (κ2) is 7.72. The summed E-state index contributed by atoms with van der Waals surface area (Å²) in [7, 11) is -2.71. The molecule has 0 aliphatic heterocycles. The summed E-state index contributed by atoms with van der Waals surface area (Å²) in [6, 6.07) is 6.20. The molecule has 0 saturated heterocycles. The Morgan fingerprint density at radius 3 is 2.58 bits per heavy atom. The number of nitrogens with zero attached hydrogens (tertiary/aromatic N) is 1. The number of aliphatic hydroxyl groups is 1. The maximum absolute atomic E-state index is 12.8. The predicted octanol–water partition coefficient (Wildman–Crippen LogP) is 2.35. The monoisotopic (exact) mass is 350 g/mol. The Hall–Kier alpha value is -1.99. The lowest BCUT2D eigenvalue weighted by Gasteiger charge is -2.26. The first-order valence-corrected chi connectivity index (χ1v) is 9.77. The van der Waals surface area contributed by atoms with Crippen LogP contribution in [0.4, 0.5) is 5.69 Å². The molecule has 1 aromatic carbocycles. The second-order valence-corrected chi connectivity index (χ2v) is 8.54. The van der Waals surface area contributed by atoms with Crippen molar-refractivity contribution >= 4 is 27.2 Å². The third kappa shape index (κ3) is 4.75. The quantitative estimate of drug-likeness (QED) is 0.815. The van der Waals surface area contributed by atoms with Crippen LogP contribution in [0.2, 0.25) is 0 Å². The normalized spacial score (nSPS) is 22.9. The SMILES string of the molecule is C=CC(=O)Nc1ccc(C(=O)N=S(C)(=O)[C@@H]2CCC[C@H](O)C2)cc1. The highest BCUT2D eigenvalue weighted by Gasteiger charge is 2.27. The maximum atomic E-state index is 12.8. The van der Waals surface area contributed by atoms with Gasteiger partial charge >= 0.3 is 0 Å². The third-order valence-electron chi connectivity index (χ3n) is 4.07. The lowest BCUT2D eigenvalue weighted by atomic mass is 9.97. The van der Waals surface area contributed by atoms with Crippen molar-refractivity contribution in [2.24, 2.45) is 4.36 Å². The first kappa shape index (κ1) is 18.4. The fourth-order valence-electron chi connectivity index (χ4n) is 2.70. The van der Waals surface area contributed by atoms with Crippen molar-refractivity contribution in [2.45, 2.75) is 37.0 Å². The highest BCUT2D eigenvalue weighted by atomic mass is 32.2. The zero-order valence-corrected chi connectivity index (χ0v) is 14.4. The minimum Gasteiger partial charge on any atom is -0.393 e. The van der Waals surface area contributed by atoms with Gasteiger partial charge < -0.3 is 10.4 Å². The smallest absolute Gasteiger partial charge is 0.285 e. The first-order valence-electron chi connectivity index (χ1n) is 7.78. The number of aliphatic hydroxyl groups excluding tert-OH is 1. The summed E-state index contributed by atoms with van der Waals surface area (Å²) in [6.45, 7) is 3.36. The standard InChI is InChI=1S/C17H22N2O4S/c1-3-16(21)18-13-9-7-12(8-10-13)17(22)19-24(2,23)15-6-4-5-14(20)11-15/h3,7-10,14-15,20H,1,4-6,11H2,2H3,(H,18,21)/t14-,15+,24?/m0/s1. The van der Waals surface area contributed by atoms with Crippen molar-refractivity contribution in [3.63, 3.8) is 0 Å². The van der Waals surface area contributed by atoms with Gasteiger partial charge in [0.15, 0.2) is 0 Å². The molecule has 1 aliphatic carbocycles. The van der Waals surface area contributed by atoms with Crippen LogP contribution in [0.3, 0.4) is 0 Å². The van der Waals surface area contributed by atoms with Crippen LogP contribution in [-0.2, 0) is 14.5 Å². The molecule has 2 rings (SSSR count). The molecule has 0 spiro atoms. The van der Waals surface area contributed by atoms with Crippen molar-refractivity contribution in [1.29, 1.82) is 0 Å². The van der Waals surface area contributed by atoms with Gasteiger partial charge in [-0.15, -0.1) is 0 Å². The zero-order chi connectivity index (χ0) is 17.7. The van der Waals surface area contributed by atoms with E-state index in [2.05, 4.69) is 16.3 Å². The Kier molecular flexibility index (Phi) is 5.90. The summed E-state index contributed by atoms with van der Waals surface area (Å²) in [5.41, 5.74) is 0.835. The Bertz CT molecular complexity index is 748. The number of hydrogen-bond donors (Lipinski definition) is 2. The second-order valence-electron chi connectivity index (χ2n) is 5.97. The number of nitrogens with one attached hydrogen (secondary N) is 1. The van der Waals surface area contributed by atoms with Crippen LogP contribution in [0, 0.1) is 0 Å². The molecule has 7 heteroatoms. The van der Waals surface area contributed by atoms with Gasteiger partial charge in [0, 0.05) is 22.8 Å². The Labute approximate surface area is 142 Å². The molecule has 6 nitrogen and oxygen atoms in total. The van der Waals surface area contributed by atoms with E-state index in [-0.39, 0.29) is 11.2 Å². The van der Waals surface area contributed by atoms with Gasteiger partial charge in [-0.25, -0.2) is 4.21 Å². The average Bonchev–Trinajstić information content (AvgIpc) is 2.55. The number of rotatable bonds is 4. The summed E-state index contributed by atoms with van der Waals surface area (Å²) < 4.78 is 16.7. The van der Waals surface area contributed by atoms with Gasteiger partial charge in [-0.2, -0.15) is 4.36 Å². The van der Waals surface area contributed by atoms with Crippen molar-refractivity contribution < 1.29 is 18.9 Å². The van der Waals surface area contributed by atoms with Gasteiger partial charge in [0.1, 0.15) is 0 Å². The van der Waals surface area contributed by atoms with Crippen LogP contribution >= 0.6 is 0 Å². The molecule has 1 aromatic rings. The molecule has 2 N–H and O–H groups in total. The molecule has 24 heavy (non-hydrogen) atoms. The number of amides is 2. The first-order chi connectivity index (χ1) is 11.3. The largest absolute Gasteiger partial charge is 0.393 e. The van der Waals surface area contributed by atoms with E-state index in [0.717, 1.165) is 12.5 Å². The predicted molar refractivity (Wildman–Crippen MR) is 94.4 cm³/mol. The molecular formula is C17H22N2O4S. The van der Waals surface area contributed by atoms with Crippen molar-refractivity contribution in [1.82, 2.24) is 0 Å². The third-order valence-corrected chi connectivity index (χ3v) is 6.26. The molecule has 0 aromatic heterocycles. The van der Waals surface area contributed by atoms with E-state index >= 15 is 0 Å². The van der Waals surface area contributed by atoms with Gasteiger partial charge in [0.25, 0.3) is 5.91 Å². The van der Waals surface area contributed by atoms with Gasteiger partial charge in [-0.1, -0.05) is 6.58 Å². The van der Waals surface area contributed by atoms with Crippen molar-refractivity contribution in [2.75, 3.05) is 11.6 Å². The molecular weight excluding hydrogens is 328 g/mol. The van der Waals surface area contributed by atoms with Crippen LogP contribution in [0.5, 0.6) is 0 Å². The van der Waals surface area contributed by atoms with Gasteiger partial charge in [0.05, 0.1) is 15.8 Å². The molecule has 3 atom stereocenters. The fraction of sp³-hybridized carbons (Fsp3) is 0.412. The van der Waals surface area contributed by atoms with Gasteiger partial charge in [0.2, 0.25) is 5.91 Å². The number of carbonyl (C=O) groups excluding carboxylic acids is 2.